The van der Waals surface area contributed by atoms with Crippen LogP contribution in [0.4, 0.5) is 0 Å². The van der Waals surface area contributed by atoms with Crippen molar-refractivity contribution in [3.63, 3.8) is 0 Å². The van der Waals surface area contributed by atoms with Gasteiger partial charge in [0, 0.05) is 29.5 Å². The smallest absolute Gasteiger partial charge is 0.161 e. The first-order valence-electron chi connectivity index (χ1n) is 6.71. The molecule has 0 unspecified atom stereocenters. The Kier molecular flexibility index (Phi) is 2.71. The van der Waals surface area contributed by atoms with Crippen LogP contribution in [0.1, 0.15) is 0 Å². The molecule has 0 aliphatic carbocycles. The molecule has 0 aliphatic rings. The molecule has 0 N–H and O–H groups in total. The number of benzene rings is 1. The molecule has 4 rings (SSSR count). The van der Waals surface area contributed by atoms with Gasteiger partial charge in [-0.3, -0.25) is 4.57 Å². The lowest BCUT2D eigenvalue weighted by Gasteiger charge is -2.11. The van der Waals surface area contributed by atoms with E-state index in [9.17, 15) is 0 Å². The van der Waals surface area contributed by atoms with Crippen molar-refractivity contribution in [3.8, 4) is 16.9 Å². The lowest BCUT2D eigenvalue weighted by molar-refractivity contribution is 1.00. The van der Waals surface area contributed by atoms with Crippen molar-refractivity contribution < 1.29 is 0 Å². The molecule has 3 aromatic heterocycles. The number of imidazole rings is 1. The maximum Gasteiger partial charge on any atom is 0.161 e. The number of hydrogen-bond acceptors (Lipinski definition) is 3. The molecule has 3 heterocycles. The van der Waals surface area contributed by atoms with Crippen LogP contribution in [0.25, 0.3) is 28.0 Å². The molecular formula is C17H12N4. The highest BCUT2D eigenvalue weighted by atomic mass is 15.1. The standard InChI is InChI=1S/C17H12N4/c1-2-5-13(6-3-1)15-11-14-7-4-8-19-16(14)20-17(15)21-10-9-18-12-21/h1-12H. The van der Waals surface area contributed by atoms with Crippen LogP contribution in [0.3, 0.4) is 0 Å². The monoisotopic (exact) mass is 272 g/mol. The zero-order chi connectivity index (χ0) is 14.1. The first-order valence-corrected chi connectivity index (χ1v) is 6.71. The molecule has 100 valence electrons. The SMILES string of the molecule is c1ccc(-c2cc3cccnc3nc2-n2ccnc2)cc1. The predicted octanol–water partition coefficient (Wildman–Crippen LogP) is 3.48. The minimum atomic E-state index is 0.737. The summed E-state index contributed by atoms with van der Waals surface area (Å²) >= 11 is 0. The second-order valence-electron chi connectivity index (χ2n) is 4.75. The van der Waals surface area contributed by atoms with Gasteiger partial charge in [0.1, 0.15) is 12.1 Å². The Morgan fingerprint density at radius 2 is 1.81 bits per heavy atom. The third kappa shape index (κ3) is 2.07. The van der Waals surface area contributed by atoms with Crippen molar-refractivity contribution in [2.24, 2.45) is 0 Å². The summed E-state index contributed by atoms with van der Waals surface area (Å²) in [6.07, 6.45) is 7.15. The first kappa shape index (κ1) is 11.8. The largest absolute Gasteiger partial charge is 0.290 e. The Morgan fingerprint density at radius 1 is 0.905 bits per heavy atom. The number of fused-ring (bicyclic) bond motifs is 1. The highest BCUT2D eigenvalue weighted by Gasteiger charge is 2.11. The molecule has 0 saturated heterocycles. The van der Waals surface area contributed by atoms with E-state index in [0.717, 1.165) is 28.0 Å². The number of nitrogens with zero attached hydrogens (tertiary/aromatic N) is 4. The minimum absolute atomic E-state index is 0.737. The summed E-state index contributed by atoms with van der Waals surface area (Å²) in [5.41, 5.74) is 2.93. The quantitative estimate of drug-likeness (QED) is 0.561. The van der Waals surface area contributed by atoms with E-state index in [4.69, 9.17) is 4.98 Å². The Morgan fingerprint density at radius 3 is 2.62 bits per heavy atom. The van der Waals surface area contributed by atoms with Gasteiger partial charge in [0.05, 0.1) is 0 Å². The van der Waals surface area contributed by atoms with Gasteiger partial charge < -0.3 is 0 Å². The molecule has 21 heavy (non-hydrogen) atoms. The van der Waals surface area contributed by atoms with Crippen LogP contribution in [0.5, 0.6) is 0 Å². The second kappa shape index (κ2) is 4.83. The molecule has 4 heteroatoms. The van der Waals surface area contributed by atoms with Gasteiger partial charge in [-0.25, -0.2) is 15.0 Å². The van der Waals surface area contributed by atoms with E-state index in [-0.39, 0.29) is 0 Å². The van der Waals surface area contributed by atoms with Gasteiger partial charge in [0.2, 0.25) is 0 Å². The second-order valence-corrected chi connectivity index (χ2v) is 4.75. The van der Waals surface area contributed by atoms with Crippen LogP contribution in [0.2, 0.25) is 0 Å². The molecule has 4 aromatic rings. The van der Waals surface area contributed by atoms with E-state index in [1.165, 1.54) is 0 Å². The van der Waals surface area contributed by atoms with Crippen molar-refractivity contribution in [2.45, 2.75) is 0 Å². The lowest BCUT2D eigenvalue weighted by atomic mass is 10.1. The molecule has 0 radical (unpaired) electrons. The lowest BCUT2D eigenvalue weighted by Crippen LogP contribution is -1.99. The number of pyridine rings is 2. The Bertz CT molecular complexity index is 883. The topological polar surface area (TPSA) is 43.6 Å². The fourth-order valence-electron chi connectivity index (χ4n) is 2.41. The van der Waals surface area contributed by atoms with E-state index in [1.807, 2.05) is 41.1 Å². The first-order chi connectivity index (χ1) is 10.4. The van der Waals surface area contributed by atoms with Gasteiger partial charge in [-0.1, -0.05) is 30.3 Å². The molecule has 0 saturated carbocycles. The summed E-state index contributed by atoms with van der Waals surface area (Å²) in [7, 11) is 0. The van der Waals surface area contributed by atoms with Gasteiger partial charge in [-0.2, -0.15) is 0 Å². The van der Waals surface area contributed by atoms with Crippen molar-refractivity contribution in [3.05, 3.63) is 73.4 Å². The maximum atomic E-state index is 4.71. The zero-order valence-corrected chi connectivity index (χ0v) is 11.2. The molecule has 0 amide bonds. The van der Waals surface area contributed by atoms with Crippen LogP contribution in [-0.2, 0) is 0 Å². The summed E-state index contributed by atoms with van der Waals surface area (Å²) < 4.78 is 1.91. The molecule has 0 aliphatic heterocycles. The van der Waals surface area contributed by atoms with Gasteiger partial charge in [-0.15, -0.1) is 0 Å². The van der Waals surface area contributed by atoms with Crippen molar-refractivity contribution in [1.29, 1.82) is 0 Å². The molecule has 0 spiro atoms. The Hall–Kier alpha value is -3.01. The van der Waals surface area contributed by atoms with Gasteiger partial charge >= 0.3 is 0 Å². The van der Waals surface area contributed by atoms with Crippen molar-refractivity contribution in [2.75, 3.05) is 0 Å². The average Bonchev–Trinajstić information content (AvgIpc) is 3.09. The van der Waals surface area contributed by atoms with Gasteiger partial charge in [0.25, 0.3) is 0 Å². The van der Waals surface area contributed by atoms with Crippen LogP contribution in [0, 0.1) is 0 Å². The van der Waals surface area contributed by atoms with Crippen molar-refractivity contribution >= 4 is 11.0 Å². The van der Waals surface area contributed by atoms with Crippen LogP contribution in [-0.4, -0.2) is 19.5 Å². The average molecular weight is 272 g/mol. The third-order valence-electron chi connectivity index (χ3n) is 3.40. The fourth-order valence-corrected chi connectivity index (χ4v) is 2.41. The molecular weight excluding hydrogens is 260 g/mol. The van der Waals surface area contributed by atoms with Crippen LogP contribution < -0.4 is 0 Å². The Labute approximate surface area is 121 Å². The van der Waals surface area contributed by atoms with Gasteiger partial charge in [0.15, 0.2) is 5.65 Å². The summed E-state index contributed by atoms with van der Waals surface area (Å²) in [4.78, 5) is 13.2. The summed E-state index contributed by atoms with van der Waals surface area (Å²) in [6, 6.07) is 16.3. The molecule has 4 nitrogen and oxygen atoms in total. The van der Waals surface area contributed by atoms with E-state index in [2.05, 4.69) is 28.2 Å². The highest BCUT2D eigenvalue weighted by Crippen LogP contribution is 2.28. The van der Waals surface area contributed by atoms with E-state index < -0.39 is 0 Å². The van der Waals surface area contributed by atoms with Gasteiger partial charge in [-0.05, 0) is 23.8 Å². The van der Waals surface area contributed by atoms with E-state index in [0.29, 0.717) is 0 Å². The third-order valence-corrected chi connectivity index (χ3v) is 3.40. The summed E-state index contributed by atoms with van der Waals surface area (Å²) in [5.74, 6) is 0.838. The highest BCUT2D eigenvalue weighted by molar-refractivity contribution is 5.85. The summed E-state index contributed by atoms with van der Waals surface area (Å²) in [6.45, 7) is 0. The molecule has 0 fully saturated rings. The van der Waals surface area contributed by atoms with Crippen LogP contribution in [0.15, 0.2) is 73.4 Å². The van der Waals surface area contributed by atoms with E-state index >= 15 is 0 Å². The van der Waals surface area contributed by atoms with E-state index in [1.54, 1.807) is 18.7 Å². The number of hydrogen-bond donors (Lipinski definition) is 0. The molecule has 1 aromatic carbocycles. The molecule has 0 atom stereocenters. The Balaban J connectivity index is 2.05. The predicted molar refractivity (Wildman–Crippen MR) is 82.1 cm³/mol. The number of rotatable bonds is 2. The summed E-state index contributed by atoms with van der Waals surface area (Å²) in [5, 5.41) is 1.03. The molecule has 0 bridgehead atoms. The zero-order valence-electron chi connectivity index (χ0n) is 11.2. The maximum absolute atomic E-state index is 4.71. The van der Waals surface area contributed by atoms with Crippen molar-refractivity contribution in [1.82, 2.24) is 19.5 Å². The normalized spacial score (nSPS) is 10.9. The fraction of sp³-hybridized carbons (Fsp3) is 0. The van der Waals surface area contributed by atoms with Crippen LogP contribution >= 0.6 is 0 Å². The minimum Gasteiger partial charge on any atom is -0.290 e. The number of aromatic nitrogens is 4.